The molecule has 6 heteroatoms. The summed E-state index contributed by atoms with van der Waals surface area (Å²) in [4.78, 5) is 34.2. The summed E-state index contributed by atoms with van der Waals surface area (Å²) in [5, 5.41) is 0.666. The van der Waals surface area contributed by atoms with Gasteiger partial charge in [0.05, 0.1) is 11.4 Å². The van der Waals surface area contributed by atoms with E-state index < -0.39 is 5.97 Å². The Hall–Kier alpha value is -3.64. The quantitative estimate of drug-likeness (QED) is 0.269. The zero-order valence-corrected chi connectivity index (χ0v) is 16.3. The maximum Gasteiger partial charge on any atom is 0.355 e. The van der Waals surface area contributed by atoms with Gasteiger partial charge in [0.1, 0.15) is 15.6 Å². The van der Waals surface area contributed by atoms with Crippen molar-refractivity contribution in [1.82, 2.24) is 9.97 Å². The van der Waals surface area contributed by atoms with Gasteiger partial charge < -0.3 is 4.74 Å². The summed E-state index contributed by atoms with van der Waals surface area (Å²) in [6.07, 6.45) is 1.68. The van der Waals surface area contributed by atoms with Gasteiger partial charge in [-0.25, -0.2) is 9.78 Å². The molecular formula is C23H16N2O3S. The first kappa shape index (κ1) is 18.7. The third-order valence-corrected chi connectivity index (χ3v) is 5.39. The summed E-state index contributed by atoms with van der Waals surface area (Å²) in [7, 11) is 0. The Balaban J connectivity index is 1.49. The zero-order valence-electron chi connectivity index (χ0n) is 15.5. The van der Waals surface area contributed by atoms with Gasteiger partial charge in [0.15, 0.2) is 5.78 Å². The van der Waals surface area contributed by atoms with E-state index in [1.54, 1.807) is 49.5 Å². The normalized spacial score (nSPS) is 10.5. The number of hydrogen-bond acceptors (Lipinski definition) is 6. The molecule has 0 unspecified atom stereocenters. The lowest BCUT2D eigenvalue weighted by atomic mass is 10.0. The fourth-order valence-corrected chi connectivity index (χ4v) is 3.69. The standard InChI is InChI=1S/C23H16N2O3S/c1-15-21(29-22(25-15)19-9-5-6-14-24-19)23(27)28-18-12-10-17(11-13-18)20(26)16-7-3-2-4-8-16/h2-14H,1H3. The van der Waals surface area contributed by atoms with Crippen molar-refractivity contribution in [3.05, 3.63) is 101 Å². The highest BCUT2D eigenvalue weighted by Crippen LogP contribution is 2.27. The van der Waals surface area contributed by atoms with Gasteiger partial charge in [-0.15, -0.1) is 11.3 Å². The van der Waals surface area contributed by atoms with Crippen molar-refractivity contribution in [3.63, 3.8) is 0 Å². The van der Waals surface area contributed by atoms with Crippen LogP contribution < -0.4 is 4.74 Å². The van der Waals surface area contributed by atoms with Crippen molar-refractivity contribution in [2.45, 2.75) is 6.92 Å². The third kappa shape index (κ3) is 4.12. The van der Waals surface area contributed by atoms with Crippen LogP contribution in [-0.4, -0.2) is 21.7 Å². The molecule has 5 nitrogen and oxygen atoms in total. The molecule has 29 heavy (non-hydrogen) atoms. The van der Waals surface area contributed by atoms with E-state index in [-0.39, 0.29) is 5.78 Å². The molecule has 0 bridgehead atoms. The highest BCUT2D eigenvalue weighted by Gasteiger charge is 2.19. The molecule has 0 aliphatic carbocycles. The molecule has 0 radical (unpaired) electrons. The molecule has 0 amide bonds. The van der Waals surface area contributed by atoms with E-state index in [2.05, 4.69) is 9.97 Å². The number of ether oxygens (including phenoxy) is 1. The molecule has 0 aliphatic heterocycles. The van der Waals surface area contributed by atoms with E-state index in [9.17, 15) is 9.59 Å². The molecule has 0 saturated heterocycles. The van der Waals surface area contributed by atoms with Gasteiger partial charge in [0, 0.05) is 17.3 Å². The summed E-state index contributed by atoms with van der Waals surface area (Å²) >= 11 is 1.24. The molecule has 4 aromatic rings. The summed E-state index contributed by atoms with van der Waals surface area (Å²) < 4.78 is 5.47. The van der Waals surface area contributed by atoms with Gasteiger partial charge in [0.2, 0.25) is 0 Å². The van der Waals surface area contributed by atoms with Crippen LogP contribution in [0.25, 0.3) is 10.7 Å². The van der Waals surface area contributed by atoms with Gasteiger partial charge in [-0.2, -0.15) is 0 Å². The molecule has 0 fully saturated rings. The highest BCUT2D eigenvalue weighted by molar-refractivity contribution is 7.17. The minimum atomic E-state index is -0.482. The number of carbonyl (C=O) groups is 2. The summed E-state index contributed by atoms with van der Waals surface area (Å²) in [5.74, 6) is -0.196. The maximum atomic E-state index is 12.6. The van der Waals surface area contributed by atoms with Gasteiger partial charge >= 0.3 is 5.97 Å². The van der Waals surface area contributed by atoms with Crippen LogP contribution in [0.5, 0.6) is 5.75 Å². The van der Waals surface area contributed by atoms with Crippen molar-refractivity contribution in [2.75, 3.05) is 0 Å². The number of thiazole rings is 1. The van der Waals surface area contributed by atoms with E-state index in [1.165, 1.54) is 11.3 Å². The summed E-state index contributed by atoms with van der Waals surface area (Å²) in [5.41, 5.74) is 2.45. The van der Waals surface area contributed by atoms with Gasteiger partial charge in [0.25, 0.3) is 0 Å². The number of aromatic nitrogens is 2. The molecule has 4 rings (SSSR count). The largest absolute Gasteiger partial charge is 0.422 e. The van der Waals surface area contributed by atoms with E-state index >= 15 is 0 Å². The molecule has 0 spiro atoms. The molecule has 0 N–H and O–H groups in total. The second-order valence-corrected chi connectivity index (χ2v) is 7.26. The number of hydrogen-bond donors (Lipinski definition) is 0. The van der Waals surface area contributed by atoms with Crippen LogP contribution >= 0.6 is 11.3 Å². The first-order chi connectivity index (χ1) is 14.1. The number of pyridine rings is 1. The smallest absolute Gasteiger partial charge is 0.355 e. The van der Waals surface area contributed by atoms with Crippen LogP contribution in [0.4, 0.5) is 0 Å². The molecule has 2 aromatic heterocycles. The Bertz CT molecular complexity index is 1150. The minimum Gasteiger partial charge on any atom is -0.422 e. The molecule has 2 aromatic carbocycles. The predicted molar refractivity (Wildman–Crippen MR) is 111 cm³/mol. The lowest BCUT2D eigenvalue weighted by Gasteiger charge is -2.05. The fraction of sp³-hybridized carbons (Fsp3) is 0.0435. The lowest BCUT2D eigenvalue weighted by Crippen LogP contribution is -2.08. The van der Waals surface area contributed by atoms with Crippen LogP contribution in [-0.2, 0) is 0 Å². The first-order valence-electron chi connectivity index (χ1n) is 8.92. The van der Waals surface area contributed by atoms with Gasteiger partial charge in [-0.05, 0) is 43.3 Å². The average molecular weight is 400 g/mol. The number of rotatable bonds is 5. The van der Waals surface area contributed by atoms with Crippen molar-refractivity contribution in [1.29, 1.82) is 0 Å². The Morgan fingerprint density at radius 2 is 1.55 bits per heavy atom. The summed E-state index contributed by atoms with van der Waals surface area (Å²) in [6, 6.07) is 21.1. The molecule has 0 aliphatic rings. The Kier molecular flexibility index (Phi) is 5.27. The maximum absolute atomic E-state index is 12.6. The topological polar surface area (TPSA) is 69.2 Å². The monoisotopic (exact) mass is 400 g/mol. The van der Waals surface area contributed by atoms with Crippen LogP contribution in [0, 0.1) is 6.92 Å². The molecule has 0 saturated carbocycles. The van der Waals surface area contributed by atoms with E-state index in [1.807, 2.05) is 36.4 Å². The zero-order chi connectivity index (χ0) is 20.2. The second kappa shape index (κ2) is 8.16. The van der Waals surface area contributed by atoms with Crippen molar-refractivity contribution >= 4 is 23.1 Å². The molecule has 142 valence electrons. The molecule has 0 atom stereocenters. The van der Waals surface area contributed by atoms with Gasteiger partial charge in [-0.3, -0.25) is 9.78 Å². The van der Waals surface area contributed by atoms with Crippen molar-refractivity contribution in [3.8, 4) is 16.5 Å². The van der Waals surface area contributed by atoms with Crippen molar-refractivity contribution < 1.29 is 14.3 Å². The lowest BCUT2D eigenvalue weighted by molar-refractivity contribution is 0.0739. The Morgan fingerprint density at radius 3 is 2.24 bits per heavy atom. The van der Waals surface area contributed by atoms with Crippen LogP contribution in [0.3, 0.4) is 0 Å². The predicted octanol–water partition coefficient (Wildman–Crippen LogP) is 4.96. The summed E-state index contributed by atoms with van der Waals surface area (Å²) in [6.45, 7) is 1.77. The Labute approximate surface area is 171 Å². The fourth-order valence-electron chi connectivity index (χ4n) is 2.77. The third-order valence-electron chi connectivity index (χ3n) is 4.23. The van der Waals surface area contributed by atoms with E-state index in [0.29, 0.717) is 38.1 Å². The molecular weight excluding hydrogens is 384 g/mol. The SMILES string of the molecule is Cc1nc(-c2ccccn2)sc1C(=O)Oc1ccc(C(=O)c2ccccc2)cc1. The second-order valence-electron chi connectivity index (χ2n) is 6.26. The number of esters is 1. The minimum absolute atomic E-state index is 0.0817. The van der Waals surface area contributed by atoms with Crippen molar-refractivity contribution in [2.24, 2.45) is 0 Å². The number of ketones is 1. The average Bonchev–Trinajstić information content (AvgIpc) is 3.17. The van der Waals surface area contributed by atoms with Crippen LogP contribution in [0.1, 0.15) is 31.3 Å². The molecule has 2 heterocycles. The van der Waals surface area contributed by atoms with E-state index in [4.69, 9.17) is 4.74 Å². The van der Waals surface area contributed by atoms with Gasteiger partial charge in [-0.1, -0.05) is 36.4 Å². The van der Waals surface area contributed by atoms with Crippen LogP contribution in [0.15, 0.2) is 79.0 Å². The highest BCUT2D eigenvalue weighted by atomic mass is 32.1. The first-order valence-corrected chi connectivity index (χ1v) is 9.74. The number of benzene rings is 2. The number of nitrogens with zero attached hydrogens (tertiary/aromatic N) is 2. The Morgan fingerprint density at radius 1 is 0.862 bits per heavy atom. The number of carbonyl (C=O) groups excluding carboxylic acids is 2. The number of aryl methyl sites for hydroxylation is 1. The van der Waals surface area contributed by atoms with E-state index in [0.717, 1.165) is 0 Å². The van der Waals surface area contributed by atoms with Crippen LogP contribution in [0.2, 0.25) is 0 Å².